The molecule has 1 N–H and O–H groups in total. The van der Waals surface area contributed by atoms with E-state index in [1.54, 1.807) is 17.9 Å². The zero-order valence-corrected chi connectivity index (χ0v) is 11.9. The second-order valence-electron chi connectivity index (χ2n) is 4.42. The van der Waals surface area contributed by atoms with Crippen LogP contribution in [0.5, 0.6) is 5.75 Å². The summed E-state index contributed by atoms with van der Waals surface area (Å²) in [7, 11) is 1.61. The molecular formula is C15H18N2O3. The third-order valence-electron chi connectivity index (χ3n) is 3.25. The first-order valence-electron chi connectivity index (χ1n) is 6.59. The first kappa shape index (κ1) is 14.1. The summed E-state index contributed by atoms with van der Waals surface area (Å²) >= 11 is 0. The summed E-state index contributed by atoms with van der Waals surface area (Å²) in [6.07, 6.45) is 0.906. The molecule has 1 heterocycles. The van der Waals surface area contributed by atoms with Crippen LogP contribution in [0.25, 0.3) is 11.3 Å². The van der Waals surface area contributed by atoms with Gasteiger partial charge in [-0.1, -0.05) is 13.0 Å². The van der Waals surface area contributed by atoms with Crippen molar-refractivity contribution >= 4 is 5.97 Å². The Hall–Kier alpha value is -2.30. The van der Waals surface area contributed by atoms with Crippen molar-refractivity contribution in [3.05, 3.63) is 35.5 Å². The number of hydrogen-bond donors (Lipinski definition) is 1. The average molecular weight is 274 g/mol. The Kier molecular flexibility index (Phi) is 4.08. The van der Waals surface area contributed by atoms with Gasteiger partial charge in [0.05, 0.1) is 12.8 Å². The molecule has 0 saturated heterocycles. The van der Waals surface area contributed by atoms with E-state index in [0.717, 1.165) is 17.7 Å². The van der Waals surface area contributed by atoms with Gasteiger partial charge in [-0.25, -0.2) is 4.79 Å². The Labute approximate surface area is 117 Å². The quantitative estimate of drug-likeness (QED) is 0.910. The zero-order valence-electron chi connectivity index (χ0n) is 11.9. The van der Waals surface area contributed by atoms with Gasteiger partial charge in [0, 0.05) is 12.1 Å². The number of hydrogen-bond acceptors (Lipinski definition) is 3. The van der Waals surface area contributed by atoms with E-state index in [4.69, 9.17) is 9.84 Å². The third kappa shape index (κ3) is 2.52. The van der Waals surface area contributed by atoms with Crippen LogP contribution in [-0.2, 0) is 13.0 Å². The Morgan fingerprint density at radius 3 is 2.65 bits per heavy atom. The van der Waals surface area contributed by atoms with Crippen molar-refractivity contribution in [3.8, 4) is 17.0 Å². The van der Waals surface area contributed by atoms with E-state index in [1.165, 1.54) is 5.56 Å². The van der Waals surface area contributed by atoms with Crippen molar-refractivity contribution in [1.29, 1.82) is 0 Å². The van der Waals surface area contributed by atoms with Crippen molar-refractivity contribution in [3.63, 3.8) is 0 Å². The molecule has 0 bridgehead atoms. The van der Waals surface area contributed by atoms with Crippen LogP contribution in [0.2, 0.25) is 0 Å². The summed E-state index contributed by atoms with van der Waals surface area (Å²) in [5.74, 6) is -0.308. The average Bonchev–Trinajstić information content (AvgIpc) is 2.90. The minimum absolute atomic E-state index is 0.0470. The standard InChI is InChI=1S/C15H18N2O3/c1-4-10-6-7-14(20-3)11(8-10)13-9-12(15(18)19)16-17(13)5-2/h6-9H,4-5H2,1-3H3,(H,18,19). The fraction of sp³-hybridized carbons (Fsp3) is 0.333. The van der Waals surface area contributed by atoms with E-state index in [0.29, 0.717) is 12.3 Å². The topological polar surface area (TPSA) is 64.3 Å². The molecule has 5 heteroatoms. The minimum Gasteiger partial charge on any atom is -0.496 e. The molecule has 0 aliphatic rings. The van der Waals surface area contributed by atoms with Gasteiger partial charge in [-0.05, 0) is 37.1 Å². The number of benzene rings is 1. The second-order valence-corrected chi connectivity index (χ2v) is 4.42. The van der Waals surface area contributed by atoms with E-state index in [9.17, 15) is 4.79 Å². The molecule has 2 aromatic rings. The molecule has 0 saturated carbocycles. The van der Waals surface area contributed by atoms with Crippen LogP contribution >= 0.6 is 0 Å². The highest BCUT2D eigenvalue weighted by Crippen LogP contribution is 2.31. The molecular weight excluding hydrogens is 256 g/mol. The van der Waals surface area contributed by atoms with Crippen molar-refractivity contribution in [2.75, 3.05) is 7.11 Å². The molecule has 0 spiro atoms. The molecule has 2 rings (SSSR count). The van der Waals surface area contributed by atoms with Crippen LogP contribution in [-0.4, -0.2) is 28.0 Å². The number of carboxylic acids is 1. The monoisotopic (exact) mass is 274 g/mol. The highest BCUT2D eigenvalue weighted by Gasteiger charge is 2.17. The molecule has 0 unspecified atom stereocenters. The van der Waals surface area contributed by atoms with E-state index < -0.39 is 5.97 Å². The van der Waals surface area contributed by atoms with Crippen molar-refractivity contribution < 1.29 is 14.6 Å². The number of methoxy groups -OCH3 is 1. The van der Waals surface area contributed by atoms with Gasteiger partial charge in [0.1, 0.15) is 5.75 Å². The van der Waals surface area contributed by atoms with Crippen molar-refractivity contribution in [2.24, 2.45) is 0 Å². The summed E-state index contributed by atoms with van der Waals surface area (Å²) in [5.41, 5.74) is 2.85. The second kappa shape index (κ2) is 5.77. The molecule has 106 valence electrons. The lowest BCUT2D eigenvalue weighted by atomic mass is 10.0. The SMILES string of the molecule is CCc1ccc(OC)c(-c2cc(C(=O)O)nn2CC)c1. The van der Waals surface area contributed by atoms with Gasteiger partial charge >= 0.3 is 5.97 Å². The number of ether oxygens (including phenoxy) is 1. The van der Waals surface area contributed by atoms with Gasteiger partial charge in [0.25, 0.3) is 0 Å². The van der Waals surface area contributed by atoms with Gasteiger partial charge < -0.3 is 9.84 Å². The number of rotatable bonds is 5. The number of aromatic nitrogens is 2. The lowest BCUT2D eigenvalue weighted by Crippen LogP contribution is -2.03. The van der Waals surface area contributed by atoms with Crippen LogP contribution < -0.4 is 4.74 Å². The van der Waals surface area contributed by atoms with E-state index in [-0.39, 0.29) is 5.69 Å². The molecule has 0 aliphatic carbocycles. The first-order chi connectivity index (χ1) is 9.60. The van der Waals surface area contributed by atoms with E-state index in [1.807, 2.05) is 25.1 Å². The lowest BCUT2D eigenvalue weighted by molar-refractivity contribution is 0.0689. The highest BCUT2D eigenvalue weighted by molar-refractivity contribution is 5.87. The largest absolute Gasteiger partial charge is 0.496 e. The van der Waals surface area contributed by atoms with Crippen LogP contribution in [0.3, 0.4) is 0 Å². The third-order valence-corrected chi connectivity index (χ3v) is 3.25. The molecule has 5 nitrogen and oxygen atoms in total. The van der Waals surface area contributed by atoms with Gasteiger partial charge in [-0.15, -0.1) is 0 Å². The molecule has 0 radical (unpaired) electrons. The number of nitrogens with zero attached hydrogens (tertiary/aromatic N) is 2. The molecule has 0 fully saturated rings. The highest BCUT2D eigenvalue weighted by atomic mass is 16.5. The summed E-state index contributed by atoms with van der Waals surface area (Å²) in [6.45, 7) is 4.60. The Morgan fingerprint density at radius 2 is 2.10 bits per heavy atom. The maximum absolute atomic E-state index is 11.1. The van der Waals surface area contributed by atoms with Crippen molar-refractivity contribution in [1.82, 2.24) is 9.78 Å². The van der Waals surface area contributed by atoms with Gasteiger partial charge in [-0.2, -0.15) is 5.10 Å². The maximum Gasteiger partial charge on any atom is 0.356 e. The predicted octanol–water partition coefficient (Wildman–Crippen LogP) is 2.84. The Bertz CT molecular complexity index is 632. The lowest BCUT2D eigenvalue weighted by Gasteiger charge is -2.11. The predicted molar refractivity (Wildman–Crippen MR) is 76.2 cm³/mol. The van der Waals surface area contributed by atoms with Crippen LogP contribution in [0.1, 0.15) is 29.9 Å². The maximum atomic E-state index is 11.1. The number of carboxylic acid groups (broad SMARTS) is 1. The van der Waals surface area contributed by atoms with E-state index in [2.05, 4.69) is 12.0 Å². The first-order valence-corrected chi connectivity index (χ1v) is 6.59. The van der Waals surface area contributed by atoms with Crippen molar-refractivity contribution in [2.45, 2.75) is 26.8 Å². The van der Waals surface area contributed by atoms with Gasteiger partial charge in [-0.3, -0.25) is 4.68 Å². The molecule has 0 amide bonds. The number of aryl methyl sites for hydroxylation is 2. The fourth-order valence-corrected chi connectivity index (χ4v) is 2.15. The Morgan fingerprint density at radius 1 is 1.35 bits per heavy atom. The summed E-state index contributed by atoms with van der Waals surface area (Å²) in [4.78, 5) is 11.1. The van der Waals surface area contributed by atoms with Gasteiger partial charge in [0.2, 0.25) is 0 Å². The summed E-state index contributed by atoms with van der Waals surface area (Å²) in [5, 5.41) is 13.2. The summed E-state index contributed by atoms with van der Waals surface area (Å²) < 4.78 is 7.06. The van der Waals surface area contributed by atoms with Gasteiger partial charge in [0.15, 0.2) is 5.69 Å². The van der Waals surface area contributed by atoms with Crippen LogP contribution in [0.15, 0.2) is 24.3 Å². The van der Waals surface area contributed by atoms with Crippen LogP contribution in [0, 0.1) is 0 Å². The zero-order chi connectivity index (χ0) is 14.7. The summed E-state index contributed by atoms with van der Waals surface area (Å²) in [6, 6.07) is 7.52. The van der Waals surface area contributed by atoms with E-state index >= 15 is 0 Å². The van der Waals surface area contributed by atoms with Crippen LogP contribution in [0.4, 0.5) is 0 Å². The normalized spacial score (nSPS) is 10.6. The smallest absolute Gasteiger partial charge is 0.356 e. The molecule has 0 aliphatic heterocycles. The number of carbonyl (C=O) groups is 1. The molecule has 1 aromatic heterocycles. The fourth-order valence-electron chi connectivity index (χ4n) is 2.15. The number of aromatic carboxylic acids is 1. The molecule has 1 aromatic carbocycles. The minimum atomic E-state index is -1.02. The molecule has 20 heavy (non-hydrogen) atoms. The Balaban J connectivity index is 2.62. The molecule has 0 atom stereocenters.